The highest BCUT2D eigenvalue weighted by Gasteiger charge is 2.09. The van der Waals surface area contributed by atoms with Gasteiger partial charge in [-0.25, -0.2) is 0 Å². The van der Waals surface area contributed by atoms with Crippen LogP contribution in [-0.4, -0.2) is 23.6 Å². The lowest BCUT2D eigenvalue weighted by molar-refractivity contribution is 0.314. The van der Waals surface area contributed by atoms with Crippen molar-refractivity contribution in [2.24, 2.45) is 10.9 Å². The first kappa shape index (κ1) is 13.5. The molecule has 0 aliphatic rings. The molecule has 1 aromatic rings. The summed E-state index contributed by atoms with van der Waals surface area (Å²) in [4.78, 5) is 0. The van der Waals surface area contributed by atoms with Gasteiger partial charge in [-0.1, -0.05) is 42.4 Å². The van der Waals surface area contributed by atoms with Gasteiger partial charge in [-0.3, -0.25) is 0 Å². The van der Waals surface area contributed by atoms with Gasteiger partial charge in [0.05, 0.1) is 6.04 Å². The molecule has 0 fully saturated rings. The summed E-state index contributed by atoms with van der Waals surface area (Å²) in [5, 5.41) is 14.9. The van der Waals surface area contributed by atoms with Gasteiger partial charge in [-0.15, -0.1) is 0 Å². The molecule has 0 radical (unpaired) electrons. The van der Waals surface area contributed by atoms with Gasteiger partial charge < -0.3 is 16.3 Å². The molecule has 17 heavy (non-hydrogen) atoms. The highest BCUT2D eigenvalue weighted by Crippen LogP contribution is 2.02. The summed E-state index contributed by atoms with van der Waals surface area (Å²) in [6.07, 6.45) is 2.90. The predicted octanol–water partition coefficient (Wildman–Crippen LogP) is 1.73. The van der Waals surface area contributed by atoms with Crippen molar-refractivity contribution in [2.75, 3.05) is 6.54 Å². The number of rotatable bonds is 7. The van der Waals surface area contributed by atoms with Crippen molar-refractivity contribution in [2.45, 2.75) is 32.2 Å². The van der Waals surface area contributed by atoms with E-state index < -0.39 is 0 Å². The topological polar surface area (TPSA) is 70.6 Å². The Morgan fingerprint density at radius 2 is 2.12 bits per heavy atom. The van der Waals surface area contributed by atoms with E-state index in [2.05, 4.69) is 22.6 Å². The maximum Gasteiger partial charge on any atom is 0.156 e. The van der Waals surface area contributed by atoms with E-state index in [1.807, 2.05) is 25.1 Å². The fraction of sp³-hybridized carbons (Fsp3) is 0.462. The molecule has 4 N–H and O–H groups in total. The third-order valence-corrected chi connectivity index (χ3v) is 2.76. The van der Waals surface area contributed by atoms with Crippen LogP contribution in [0.3, 0.4) is 0 Å². The second kappa shape index (κ2) is 7.68. The maximum absolute atomic E-state index is 8.59. The maximum atomic E-state index is 8.59. The van der Waals surface area contributed by atoms with E-state index in [1.54, 1.807) is 0 Å². The minimum absolute atomic E-state index is 0.0317. The monoisotopic (exact) mass is 235 g/mol. The van der Waals surface area contributed by atoms with Crippen LogP contribution in [-0.2, 0) is 6.42 Å². The highest BCUT2D eigenvalue weighted by molar-refractivity contribution is 5.85. The van der Waals surface area contributed by atoms with Gasteiger partial charge >= 0.3 is 0 Å². The van der Waals surface area contributed by atoms with Gasteiger partial charge in [0.15, 0.2) is 5.84 Å². The van der Waals surface area contributed by atoms with Crippen LogP contribution in [0.5, 0.6) is 0 Å². The molecule has 1 aromatic carbocycles. The van der Waals surface area contributed by atoms with Crippen LogP contribution in [0.1, 0.15) is 25.3 Å². The zero-order chi connectivity index (χ0) is 12.5. The first-order valence-corrected chi connectivity index (χ1v) is 6.02. The fourth-order valence-corrected chi connectivity index (χ4v) is 1.74. The molecule has 1 atom stereocenters. The van der Waals surface area contributed by atoms with E-state index in [1.165, 1.54) is 5.56 Å². The largest absolute Gasteiger partial charge is 0.409 e. The zero-order valence-electron chi connectivity index (χ0n) is 10.3. The first-order chi connectivity index (χ1) is 8.27. The summed E-state index contributed by atoms with van der Waals surface area (Å²) in [7, 11) is 0. The van der Waals surface area contributed by atoms with Crippen LogP contribution < -0.4 is 11.1 Å². The molecule has 94 valence electrons. The number of hydrogen-bond acceptors (Lipinski definition) is 3. The third-order valence-electron chi connectivity index (χ3n) is 2.76. The molecule has 0 saturated carbocycles. The number of hydrogen-bond donors (Lipinski definition) is 3. The second-order valence-corrected chi connectivity index (χ2v) is 4.03. The van der Waals surface area contributed by atoms with Crippen molar-refractivity contribution < 1.29 is 5.21 Å². The standard InChI is InChI=1S/C13H21N3O/c1-2-12(13(14)16-17)15-10-6-9-11-7-4-3-5-8-11/h3-5,7-8,12,15,17H,2,6,9-10H2,1H3,(H2,14,16). The van der Waals surface area contributed by atoms with Crippen molar-refractivity contribution in [1.29, 1.82) is 0 Å². The number of oxime groups is 1. The molecule has 0 aromatic heterocycles. The van der Waals surface area contributed by atoms with Gasteiger partial charge in [-0.05, 0) is 31.4 Å². The normalized spacial score (nSPS) is 13.6. The summed E-state index contributed by atoms with van der Waals surface area (Å²) < 4.78 is 0. The first-order valence-electron chi connectivity index (χ1n) is 6.02. The minimum Gasteiger partial charge on any atom is -0.409 e. The van der Waals surface area contributed by atoms with E-state index >= 15 is 0 Å². The SMILES string of the molecule is CCC(NCCCc1ccccc1)C(N)=NO. The van der Waals surface area contributed by atoms with Crippen molar-refractivity contribution in [3.8, 4) is 0 Å². The quantitative estimate of drug-likeness (QED) is 0.222. The van der Waals surface area contributed by atoms with Crippen molar-refractivity contribution >= 4 is 5.84 Å². The second-order valence-electron chi connectivity index (χ2n) is 4.03. The molecule has 0 aliphatic heterocycles. The molecule has 4 heteroatoms. The highest BCUT2D eigenvalue weighted by atomic mass is 16.4. The third kappa shape index (κ3) is 4.87. The Morgan fingerprint density at radius 1 is 1.41 bits per heavy atom. The van der Waals surface area contributed by atoms with E-state index in [-0.39, 0.29) is 11.9 Å². The van der Waals surface area contributed by atoms with Crippen molar-refractivity contribution in [3.05, 3.63) is 35.9 Å². The Labute approximate surface area is 103 Å². The van der Waals surface area contributed by atoms with Crippen LogP contribution in [0.15, 0.2) is 35.5 Å². The summed E-state index contributed by atoms with van der Waals surface area (Å²) in [6.45, 7) is 2.87. The predicted molar refractivity (Wildman–Crippen MR) is 70.3 cm³/mol. The number of aryl methyl sites for hydroxylation is 1. The Kier molecular flexibility index (Phi) is 6.10. The van der Waals surface area contributed by atoms with Gasteiger partial charge in [0.2, 0.25) is 0 Å². The van der Waals surface area contributed by atoms with E-state index in [0.717, 1.165) is 25.8 Å². The van der Waals surface area contributed by atoms with Crippen molar-refractivity contribution in [1.82, 2.24) is 5.32 Å². The molecule has 0 spiro atoms. The minimum atomic E-state index is -0.0317. The van der Waals surface area contributed by atoms with Gasteiger partial charge in [0.1, 0.15) is 0 Å². The van der Waals surface area contributed by atoms with Crippen molar-refractivity contribution in [3.63, 3.8) is 0 Å². The van der Waals surface area contributed by atoms with Crippen LogP contribution >= 0.6 is 0 Å². The molecule has 0 aliphatic carbocycles. The van der Waals surface area contributed by atoms with Gasteiger partial charge in [0.25, 0.3) is 0 Å². The summed E-state index contributed by atoms with van der Waals surface area (Å²) in [5.41, 5.74) is 6.90. The molecule has 1 unspecified atom stereocenters. The lowest BCUT2D eigenvalue weighted by Crippen LogP contribution is -2.41. The number of nitrogens with two attached hydrogens (primary N) is 1. The number of amidine groups is 1. The molecule has 0 heterocycles. The van der Waals surface area contributed by atoms with E-state index in [4.69, 9.17) is 10.9 Å². The lowest BCUT2D eigenvalue weighted by Gasteiger charge is -2.14. The molecule has 0 bridgehead atoms. The summed E-state index contributed by atoms with van der Waals surface area (Å²) >= 11 is 0. The molecule has 0 saturated heterocycles. The Balaban J connectivity index is 2.24. The average molecular weight is 235 g/mol. The molecule has 0 amide bonds. The lowest BCUT2D eigenvalue weighted by atomic mass is 10.1. The smallest absolute Gasteiger partial charge is 0.156 e. The van der Waals surface area contributed by atoms with Crippen LogP contribution in [0.4, 0.5) is 0 Å². The Bertz CT molecular complexity index is 338. The Hall–Kier alpha value is -1.55. The van der Waals surface area contributed by atoms with Gasteiger partial charge in [-0.2, -0.15) is 0 Å². The summed E-state index contributed by atoms with van der Waals surface area (Å²) in [5.74, 6) is 0.257. The fourth-order valence-electron chi connectivity index (χ4n) is 1.74. The van der Waals surface area contributed by atoms with Crippen LogP contribution in [0.25, 0.3) is 0 Å². The molecular formula is C13H21N3O. The number of nitrogens with one attached hydrogen (secondary N) is 1. The van der Waals surface area contributed by atoms with Crippen LogP contribution in [0.2, 0.25) is 0 Å². The Morgan fingerprint density at radius 3 is 2.71 bits per heavy atom. The summed E-state index contributed by atoms with van der Waals surface area (Å²) in [6, 6.07) is 10.3. The van der Waals surface area contributed by atoms with Crippen LogP contribution in [0, 0.1) is 0 Å². The number of benzene rings is 1. The molecule has 4 nitrogen and oxygen atoms in total. The number of nitrogens with zero attached hydrogens (tertiary/aromatic N) is 1. The molecular weight excluding hydrogens is 214 g/mol. The van der Waals surface area contributed by atoms with E-state index in [9.17, 15) is 0 Å². The molecule has 1 rings (SSSR count). The van der Waals surface area contributed by atoms with Gasteiger partial charge in [0, 0.05) is 0 Å². The average Bonchev–Trinajstić information content (AvgIpc) is 2.39. The van der Waals surface area contributed by atoms with E-state index in [0.29, 0.717) is 0 Å². The zero-order valence-corrected chi connectivity index (χ0v) is 10.3.